The average molecular weight is 507 g/mol. The lowest BCUT2D eigenvalue weighted by Crippen LogP contribution is -2.53. The number of ether oxygens (including phenoxy) is 2. The molecule has 37 heavy (non-hydrogen) atoms. The summed E-state index contributed by atoms with van der Waals surface area (Å²) >= 11 is 0. The Morgan fingerprint density at radius 1 is 1.05 bits per heavy atom. The topological polar surface area (TPSA) is 140 Å². The molecule has 4 N–H and O–H groups in total. The molecule has 194 valence electrons. The van der Waals surface area contributed by atoms with Gasteiger partial charge in [-0.1, -0.05) is 23.8 Å². The largest absolute Gasteiger partial charge is 0.493 e. The number of primary amides is 1. The Kier molecular flexibility index (Phi) is 5.94. The van der Waals surface area contributed by atoms with Crippen molar-refractivity contribution in [1.82, 2.24) is 10.2 Å². The van der Waals surface area contributed by atoms with Crippen LogP contribution in [-0.2, 0) is 31.1 Å². The molecule has 0 radical (unpaired) electrons. The summed E-state index contributed by atoms with van der Waals surface area (Å²) in [5, 5.41) is 6.15. The number of nitrogens with one attached hydrogen (secondary N) is 2. The Hall–Kier alpha value is -3.92. The number of methoxy groups -OCH3 is 2. The number of carbonyl (C=O) groups is 4. The molecule has 0 unspecified atom stereocenters. The van der Waals surface area contributed by atoms with Crippen molar-refractivity contribution in [3.05, 3.63) is 52.6 Å². The number of carbonyl (C=O) groups excluding carboxylic acids is 4. The Bertz CT molecular complexity index is 1340. The van der Waals surface area contributed by atoms with Gasteiger partial charge in [0.1, 0.15) is 5.54 Å². The third kappa shape index (κ3) is 3.66. The van der Waals surface area contributed by atoms with Gasteiger partial charge in [0.25, 0.3) is 0 Å². The molecule has 3 heterocycles. The lowest BCUT2D eigenvalue weighted by Gasteiger charge is -2.29. The summed E-state index contributed by atoms with van der Waals surface area (Å²) in [6, 6.07) is 8.48. The number of rotatable bonds is 7. The highest BCUT2D eigenvalue weighted by atomic mass is 16.5. The van der Waals surface area contributed by atoms with Crippen LogP contribution in [0, 0.1) is 25.7 Å². The Labute approximate surface area is 214 Å². The van der Waals surface area contributed by atoms with E-state index in [1.807, 2.05) is 32.0 Å². The first kappa shape index (κ1) is 24.8. The van der Waals surface area contributed by atoms with Crippen LogP contribution in [0.5, 0.6) is 11.5 Å². The van der Waals surface area contributed by atoms with Crippen LogP contribution < -0.4 is 25.8 Å². The predicted molar refractivity (Wildman–Crippen MR) is 134 cm³/mol. The summed E-state index contributed by atoms with van der Waals surface area (Å²) in [4.78, 5) is 54.3. The highest BCUT2D eigenvalue weighted by molar-refractivity contribution is 6.15. The molecule has 3 aliphatic rings. The summed E-state index contributed by atoms with van der Waals surface area (Å²) in [6.45, 7) is 3.92. The number of benzene rings is 2. The average Bonchev–Trinajstić information content (AvgIpc) is 3.42. The van der Waals surface area contributed by atoms with Crippen molar-refractivity contribution >= 4 is 29.3 Å². The molecule has 0 aliphatic carbocycles. The molecule has 10 heteroatoms. The van der Waals surface area contributed by atoms with Gasteiger partial charge in [0.15, 0.2) is 11.5 Å². The molecule has 2 aromatic carbocycles. The highest BCUT2D eigenvalue weighted by Gasteiger charge is 2.70. The first-order valence-electron chi connectivity index (χ1n) is 12.2. The minimum atomic E-state index is -1.46. The standard InChI is InChI=1S/C27H30N4O6/c1-13-9-14(2)23-16(10-13)27(26(35)29-23)22-21(17(30-27)12-20(28)32)24(33)31(25(22)34)8-7-15-5-6-18(36-3)19(11-15)37-4/h5-6,9-11,17,21-22,30H,7-8,12H2,1-4H3,(H2,28,32)(H,29,35)/t17-,21-,22-,27+/m1/s1. The maximum atomic E-state index is 13.9. The molecule has 2 aromatic rings. The van der Waals surface area contributed by atoms with Gasteiger partial charge in [-0.2, -0.15) is 0 Å². The molecule has 4 amide bonds. The maximum absolute atomic E-state index is 13.9. The van der Waals surface area contributed by atoms with Gasteiger partial charge in [0.05, 0.1) is 26.1 Å². The Morgan fingerprint density at radius 2 is 1.78 bits per heavy atom. The number of likely N-dealkylation sites (tertiary alicyclic amines) is 1. The number of anilines is 1. The van der Waals surface area contributed by atoms with Gasteiger partial charge in [-0.15, -0.1) is 0 Å². The summed E-state index contributed by atoms with van der Waals surface area (Å²) < 4.78 is 10.6. The molecule has 0 saturated carbocycles. The van der Waals surface area contributed by atoms with E-state index in [-0.39, 0.29) is 13.0 Å². The molecule has 0 aromatic heterocycles. The quantitative estimate of drug-likeness (QED) is 0.479. The van der Waals surface area contributed by atoms with E-state index in [0.29, 0.717) is 29.2 Å². The van der Waals surface area contributed by atoms with E-state index in [0.717, 1.165) is 16.7 Å². The van der Waals surface area contributed by atoms with Crippen molar-refractivity contribution < 1.29 is 28.7 Å². The second kappa shape index (κ2) is 8.88. The summed E-state index contributed by atoms with van der Waals surface area (Å²) in [5.74, 6) is -2.61. The third-order valence-corrected chi connectivity index (χ3v) is 7.75. The normalized spacial score (nSPS) is 25.9. The van der Waals surface area contributed by atoms with Crippen LogP contribution in [0.3, 0.4) is 0 Å². The number of nitrogens with two attached hydrogens (primary N) is 1. The number of imide groups is 1. The van der Waals surface area contributed by atoms with E-state index in [4.69, 9.17) is 15.2 Å². The molecule has 10 nitrogen and oxygen atoms in total. The van der Waals surface area contributed by atoms with Gasteiger partial charge in [0, 0.05) is 30.3 Å². The number of nitrogens with zero attached hydrogens (tertiary/aromatic N) is 1. The van der Waals surface area contributed by atoms with Gasteiger partial charge in [-0.25, -0.2) is 0 Å². The van der Waals surface area contributed by atoms with Crippen LogP contribution in [0.2, 0.25) is 0 Å². The molecular weight excluding hydrogens is 476 g/mol. The third-order valence-electron chi connectivity index (χ3n) is 7.75. The van der Waals surface area contributed by atoms with Crippen molar-refractivity contribution in [2.24, 2.45) is 17.6 Å². The van der Waals surface area contributed by atoms with E-state index < -0.39 is 47.0 Å². The lowest BCUT2D eigenvalue weighted by molar-refractivity contribution is -0.142. The Balaban J connectivity index is 1.51. The van der Waals surface area contributed by atoms with Gasteiger partial charge in [-0.05, 0) is 43.5 Å². The first-order chi connectivity index (χ1) is 17.6. The number of fused-ring (bicyclic) bond motifs is 4. The minimum Gasteiger partial charge on any atom is -0.493 e. The van der Waals surface area contributed by atoms with E-state index in [1.54, 1.807) is 19.2 Å². The maximum Gasteiger partial charge on any atom is 0.250 e. The molecule has 0 bridgehead atoms. The second-order valence-electron chi connectivity index (χ2n) is 9.96. The lowest BCUT2D eigenvalue weighted by atomic mass is 9.76. The van der Waals surface area contributed by atoms with Crippen molar-refractivity contribution in [3.8, 4) is 11.5 Å². The first-order valence-corrected chi connectivity index (χ1v) is 12.2. The zero-order valence-corrected chi connectivity index (χ0v) is 21.2. The predicted octanol–water partition coefficient (Wildman–Crippen LogP) is 1.16. The molecule has 5 rings (SSSR count). The van der Waals surface area contributed by atoms with Crippen molar-refractivity contribution in [1.29, 1.82) is 0 Å². The zero-order chi connectivity index (χ0) is 26.6. The van der Waals surface area contributed by atoms with Gasteiger partial charge >= 0.3 is 0 Å². The molecular formula is C27H30N4O6. The van der Waals surface area contributed by atoms with Crippen molar-refractivity contribution in [2.45, 2.75) is 38.3 Å². The van der Waals surface area contributed by atoms with Crippen molar-refractivity contribution in [2.75, 3.05) is 26.1 Å². The fourth-order valence-electron chi connectivity index (χ4n) is 6.21. The summed E-state index contributed by atoms with van der Waals surface area (Å²) in [5.41, 5.74) is 7.94. The summed E-state index contributed by atoms with van der Waals surface area (Å²) in [7, 11) is 3.08. The van der Waals surface area contributed by atoms with Gasteiger partial charge in [-0.3, -0.25) is 29.4 Å². The van der Waals surface area contributed by atoms with E-state index in [2.05, 4.69) is 10.6 Å². The van der Waals surface area contributed by atoms with Crippen LogP contribution in [0.25, 0.3) is 0 Å². The van der Waals surface area contributed by atoms with E-state index in [9.17, 15) is 19.2 Å². The van der Waals surface area contributed by atoms with E-state index >= 15 is 0 Å². The molecule has 1 spiro atoms. The van der Waals surface area contributed by atoms with Crippen LogP contribution in [-0.4, -0.2) is 55.3 Å². The van der Waals surface area contributed by atoms with Crippen LogP contribution >= 0.6 is 0 Å². The van der Waals surface area contributed by atoms with Gasteiger partial charge < -0.3 is 20.5 Å². The van der Waals surface area contributed by atoms with Crippen LogP contribution in [0.15, 0.2) is 30.3 Å². The zero-order valence-electron chi connectivity index (χ0n) is 21.2. The van der Waals surface area contributed by atoms with Crippen molar-refractivity contribution in [3.63, 3.8) is 0 Å². The SMILES string of the molecule is COc1ccc(CCN2C(=O)[C@@H]3[C@@H](CC(N)=O)N[C@]4(C(=O)Nc5c(C)cc(C)cc54)[C@H]3C2=O)cc1OC. The minimum absolute atomic E-state index is 0.126. The van der Waals surface area contributed by atoms with Gasteiger partial charge in [0.2, 0.25) is 23.6 Å². The summed E-state index contributed by atoms with van der Waals surface area (Å²) in [6.07, 6.45) is 0.220. The fourth-order valence-corrected chi connectivity index (χ4v) is 6.21. The number of aryl methyl sites for hydroxylation is 2. The smallest absolute Gasteiger partial charge is 0.250 e. The second-order valence-corrected chi connectivity index (χ2v) is 9.96. The van der Waals surface area contributed by atoms with Crippen LogP contribution in [0.4, 0.5) is 5.69 Å². The molecule has 2 fully saturated rings. The highest BCUT2D eigenvalue weighted by Crippen LogP contribution is 2.54. The number of hydrogen-bond donors (Lipinski definition) is 3. The molecule has 3 aliphatic heterocycles. The Morgan fingerprint density at radius 3 is 2.46 bits per heavy atom. The number of amides is 4. The van der Waals surface area contributed by atoms with E-state index in [1.165, 1.54) is 12.0 Å². The molecule has 2 saturated heterocycles. The monoisotopic (exact) mass is 506 g/mol. The van der Waals surface area contributed by atoms with Crippen LogP contribution in [0.1, 0.15) is 28.7 Å². The fraction of sp³-hybridized carbons (Fsp3) is 0.407. The number of hydrogen-bond acceptors (Lipinski definition) is 7. The molecule has 4 atom stereocenters.